The highest BCUT2D eigenvalue weighted by Gasteiger charge is 2.13. The number of carbonyl (C=O) groups is 1. The highest BCUT2D eigenvalue weighted by Crippen LogP contribution is 2.22. The van der Waals surface area contributed by atoms with E-state index in [2.05, 4.69) is 17.2 Å². The minimum absolute atomic E-state index is 0.0865. The standard InChI is InChI=1S/C21H22N2O2/c1-2-3-13-22-21(24)18-14-20(23-19-12-8-7-11-17(18)19)25-15-16-9-5-4-6-10-16/h4-12,14H,2-3,13,15H2,1H3,(H,22,24). The lowest BCUT2D eigenvalue weighted by Gasteiger charge is -2.11. The van der Waals surface area contributed by atoms with Gasteiger partial charge in [0.1, 0.15) is 6.61 Å². The summed E-state index contributed by atoms with van der Waals surface area (Å²) in [5.41, 5.74) is 2.42. The molecule has 0 unspecified atom stereocenters. The van der Waals surface area contributed by atoms with Crippen molar-refractivity contribution >= 4 is 16.8 Å². The number of fused-ring (bicyclic) bond motifs is 1. The number of benzene rings is 2. The first kappa shape index (κ1) is 17.0. The minimum atomic E-state index is -0.0865. The number of hydrogen-bond acceptors (Lipinski definition) is 3. The highest BCUT2D eigenvalue weighted by atomic mass is 16.5. The van der Waals surface area contributed by atoms with Gasteiger partial charge in [0.25, 0.3) is 5.91 Å². The van der Waals surface area contributed by atoms with Crippen LogP contribution in [0.2, 0.25) is 0 Å². The first-order valence-corrected chi connectivity index (χ1v) is 8.62. The summed E-state index contributed by atoms with van der Waals surface area (Å²) in [6.45, 7) is 3.19. The van der Waals surface area contributed by atoms with Gasteiger partial charge in [0.15, 0.2) is 0 Å². The molecule has 0 saturated carbocycles. The van der Waals surface area contributed by atoms with Gasteiger partial charge in [-0.3, -0.25) is 4.79 Å². The van der Waals surface area contributed by atoms with Gasteiger partial charge in [0, 0.05) is 18.0 Å². The average molecular weight is 334 g/mol. The van der Waals surface area contributed by atoms with Crippen LogP contribution in [0.5, 0.6) is 5.88 Å². The van der Waals surface area contributed by atoms with Crippen molar-refractivity contribution in [1.82, 2.24) is 10.3 Å². The monoisotopic (exact) mass is 334 g/mol. The summed E-state index contributed by atoms with van der Waals surface area (Å²) in [6, 6.07) is 19.3. The number of nitrogens with zero attached hydrogens (tertiary/aromatic N) is 1. The van der Waals surface area contributed by atoms with E-state index in [0.717, 1.165) is 29.3 Å². The van der Waals surface area contributed by atoms with Gasteiger partial charge in [-0.25, -0.2) is 4.98 Å². The first-order valence-electron chi connectivity index (χ1n) is 8.62. The van der Waals surface area contributed by atoms with Crippen LogP contribution in [0.3, 0.4) is 0 Å². The van der Waals surface area contributed by atoms with Crippen molar-refractivity contribution in [2.75, 3.05) is 6.54 Å². The first-order chi connectivity index (χ1) is 12.3. The van der Waals surface area contributed by atoms with Gasteiger partial charge in [-0.1, -0.05) is 61.9 Å². The number of amides is 1. The molecule has 1 amide bonds. The van der Waals surface area contributed by atoms with E-state index in [4.69, 9.17) is 4.74 Å². The Morgan fingerprint density at radius 1 is 1.08 bits per heavy atom. The molecule has 0 aliphatic carbocycles. The molecule has 4 heteroatoms. The molecule has 0 atom stereocenters. The van der Waals surface area contributed by atoms with Crippen LogP contribution in [-0.2, 0) is 6.61 Å². The number of rotatable bonds is 7. The number of carbonyl (C=O) groups excluding carboxylic acids is 1. The normalized spacial score (nSPS) is 10.6. The summed E-state index contributed by atoms with van der Waals surface area (Å²) >= 11 is 0. The van der Waals surface area contributed by atoms with Crippen molar-refractivity contribution in [1.29, 1.82) is 0 Å². The Morgan fingerprint density at radius 3 is 2.64 bits per heavy atom. The summed E-state index contributed by atoms with van der Waals surface area (Å²) in [7, 11) is 0. The molecule has 2 aromatic carbocycles. The molecule has 1 heterocycles. The van der Waals surface area contributed by atoms with Gasteiger partial charge in [-0.2, -0.15) is 0 Å². The maximum atomic E-state index is 12.6. The predicted octanol–water partition coefficient (Wildman–Crippen LogP) is 4.34. The fourth-order valence-electron chi connectivity index (χ4n) is 2.62. The molecule has 0 aliphatic rings. The zero-order chi connectivity index (χ0) is 17.5. The second kappa shape index (κ2) is 8.29. The summed E-state index contributed by atoms with van der Waals surface area (Å²) in [6.07, 6.45) is 2.01. The minimum Gasteiger partial charge on any atom is -0.473 e. The molecule has 0 radical (unpaired) electrons. The van der Waals surface area contributed by atoms with Crippen LogP contribution < -0.4 is 10.1 Å². The van der Waals surface area contributed by atoms with Gasteiger partial charge < -0.3 is 10.1 Å². The van der Waals surface area contributed by atoms with E-state index in [1.807, 2.05) is 54.6 Å². The quantitative estimate of drug-likeness (QED) is 0.654. The van der Waals surface area contributed by atoms with E-state index in [1.54, 1.807) is 6.07 Å². The van der Waals surface area contributed by atoms with Crippen LogP contribution in [0.15, 0.2) is 60.7 Å². The molecule has 0 bridgehead atoms. The van der Waals surface area contributed by atoms with Crippen LogP contribution in [0.25, 0.3) is 10.9 Å². The largest absolute Gasteiger partial charge is 0.473 e. The van der Waals surface area contributed by atoms with Crippen molar-refractivity contribution in [2.45, 2.75) is 26.4 Å². The number of para-hydroxylation sites is 1. The third kappa shape index (κ3) is 4.35. The summed E-state index contributed by atoms with van der Waals surface area (Å²) in [5.74, 6) is 0.375. The summed E-state index contributed by atoms with van der Waals surface area (Å²) in [5, 5.41) is 3.81. The second-order valence-electron chi connectivity index (χ2n) is 5.91. The Bertz CT molecular complexity index is 847. The van der Waals surface area contributed by atoms with Crippen LogP contribution in [0.1, 0.15) is 35.7 Å². The Labute approximate surface area is 147 Å². The molecule has 0 aliphatic heterocycles. The average Bonchev–Trinajstić information content (AvgIpc) is 2.66. The van der Waals surface area contributed by atoms with Crippen molar-refractivity contribution in [3.8, 4) is 5.88 Å². The van der Waals surface area contributed by atoms with Gasteiger partial charge in [-0.05, 0) is 18.1 Å². The van der Waals surface area contributed by atoms with Crippen molar-refractivity contribution in [3.63, 3.8) is 0 Å². The predicted molar refractivity (Wildman–Crippen MR) is 99.8 cm³/mol. The molecular formula is C21H22N2O2. The molecule has 3 aromatic rings. The smallest absolute Gasteiger partial charge is 0.252 e. The van der Waals surface area contributed by atoms with Gasteiger partial charge in [0.05, 0.1) is 11.1 Å². The molecule has 1 aromatic heterocycles. The zero-order valence-corrected chi connectivity index (χ0v) is 14.4. The third-order valence-electron chi connectivity index (χ3n) is 3.98. The Balaban J connectivity index is 1.85. The fourth-order valence-corrected chi connectivity index (χ4v) is 2.62. The van der Waals surface area contributed by atoms with E-state index in [9.17, 15) is 4.79 Å². The Morgan fingerprint density at radius 2 is 1.84 bits per heavy atom. The number of hydrogen-bond donors (Lipinski definition) is 1. The SMILES string of the molecule is CCCCNC(=O)c1cc(OCc2ccccc2)nc2ccccc12. The van der Waals surface area contributed by atoms with Crippen molar-refractivity contribution < 1.29 is 9.53 Å². The van der Waals surface area contributed by atoms with Crippen LogP contribution in [0, 0.1) is 0 Å². The molecule has 0 fully saturated rings. The molecular weight excluding hydrogens is 312 g/mol. The van der Waals surface area contributed by atoms with Gasteiger partial charge in [0.2, 0.25) is 5.88 Å². The van der Waals surface area contributed by atoms with E-state index in [0.29, 0.717) is 24.6 Å². The lowest BCUT2D eigenvalue weighted by molar-refractivity contribution is 0.0954. The number of pyridine rings is 1. The summed E-state index contributed by atoms with van der Waals surface area (Å²) in [4.78, 5) is 17.1. The number of ether oxygens (including phenoxy) is 1. The lowest BCUT2D eigenvalue weighted by Crippen LogP contribution is -2.24. The van der Waals surface area contributed by atoms with Crippen LogP contribution in [0.4, 0.5) is 0 Å². The number of unbranched alkanes of at least 4 members (excludes halogenated alkanes) is 1. The van der Waals surface area contributed by atoms with Crippen molar-refractivity contribution in [2.24, 2.45) is 0 Å². The molecule has 0 saturated heterocycles. The molecule has 25 heavy (non-hydrogen) atoms. The van der Waals surface area contributed by atoms with Gasteiger partial charge >= 0.3 is 0 Å². The fraction of sp³-hybridized carbons (Fsp3) is 0.238. The Kier molecular flexibility index (Phi) is 5.62. The summed E-state index contributed by atoms with van der Waals surface area (Å²) < 4.78 is 5.83. The van der Waals surface area contributed by atoms with E-state index >= 15 is 0 Å². The van der Waals surface area contributed by atoms with Gasteiger partial charge in [-0.15, -0.1) is 0 Å². The second-order valence-corrected chi connectivity index (χ2v) is 5.91. The molecule has 4 nitrogen and oxygen atoms in total. The molecule has 3 rings (SSSR count). The van der Waals surface area contributed by atoms with E-state index < -0.39 is 0 Å². The zero-order valence-electron chi connectivity index (χ0n) is 14.4. The third-order valence-corrected chi connectivity index (χ3v) is 3.98. The lowest BCUT2D eigenvalue weighted by atomic mass is 10.1. The van der Waals surface area contributed by atoms with Crippen LogP contribution in [-0.4, -0.2) is 17.4 Å². The number of aromatic nitrogens is 1. The van der Waals surface area contributed by atoms with E-state index in [1.165, 1.54) is 0 Å². The van der Waals surface area contributed by atoms with Crippen molar-refractivity contribution in [3.05, 3.63) is 71.8 Å². The molecule has 0 spiro atoms. The van der Waals surface area contributed by atoms with E-state index in [-0.39, 0.29) is 5.91 Å². The maximum Gasteiger partial charge on any atom is 0.252 e. The molecule has 1 N–H and O–H groups in total. The molecule has 128 valence electrons. The topological polar surface area (TPSA) is 51.2 Å². The maximum absolute atomic E-state index is 12.6. The number of nitrogens with one attached hydrogen (secondary N) is 1. The Hall–Kier alpha value is -2.88. The van der Waals surface area contributed by atoms with Crippen LogP contribution >= 0.6 is 0 Å². The highest BCUT2D eigenvalue weighted by molar-refractivity contribution is 6.06.